The van der Waals surface area contributed by atoms with E-state index in [1.54, 1.807) is 0 Å². The molecule has 2 atom stereocenters. The second kappa shape index (κ2) is 7.46. The smallest absolute Gasteiger partial charge is 0.0726 e. The standard InChI is InChI=1S/C15H30N2O/c1-16-10-7-13-8-11-17(12-9-13)14-5-3-4-6-15(14)18-2/h13-16H,3-12H2,1-2H3. The van der Waals surface area contributed by atoms with Gasteiger partial charge in [0.2, 0.25) is 0 Å². The third-order valence-corrected chi connectivity index (χ3v) is 4.89. The van der Waals surface area contributed by atoms with Gasteiger partial charge >= 0.3 is 0 Å². The van der Waals surface area contributed by atoms with Gasteiger partial charge in [0.05, 0.1) is 6.10 Å². The normalized spacial score (nSPS) is 31.7. The summed E-state index contributed by atoms with van der Waals surface area (Å²) in [6.07, 6.45) is 9.97. The van der Waals surface area contributed by atoms with Crippen LogP contribution < -0.4 is 5.32 Å². The maximum absolute atomic E-state index is 5.70. The van der Waals surface area contributed by atoms with Gasteiger partial charge in [0.15, 0.2) is 0 Å². The van der Waals surface area contributed by atoms with Crippen LogP contribution in [-0.4, -0.2) is 50.8 Å². The minimum Gasteiger partial charge on any atom is -0.380 e. The van der Waals surface area contributed by atoms with Crippen molar-refractivity contribution in [3.8, 4) is 0 Å². The van der Waals surface area contributed by atoms with Crippen LogP contribution in [0.4, 0.5) is 0 Å². The molecule has 2 rings (SSSR count). The molecule has 2 fully saturated rings. The second-order valence-corrected chi connectivity index (χ2v) is 6.00. The van der Waals surface area contributed by atoms with E-state index in [1.165, 1.54) is 64.6 Å². The first kappa shape index (κ1) is 14.3. The van der Waals surface area contributed by atoms with Crippen molar-refractivity contribution in [2.45, 2.75) is 57.1 Å². The van der Waals surface area contributed by atoms with Crippen molar-refractivity contribution in [1.29, 1.82) is 0 Å². The molecular weight excluding hydrogens is 224 g/mol. The Morgan fingerprint density at radius 3 is 2.50 bits per heavy atom. The zero-order valence-corrected chi connectivity index (χ0v) is 12.2. The lowest BCUT2D eigenvalue weighted by molar-refractivity contribution is -0.0225. The van der Waals surface area contributed by atoms with Gasteiger partial charge in [-0.2, -0.15) is 0 Å². The first-order valence-electron chi connectivity index (χ1n) is 7.76. The average Bonchev–Trinajstić information content (AvgIpc) is 2.45. The molecule has 0 aromatic heterocycles. The van der Waals surface area contributed by atoms with Crippen molar-refractivity contribution in [1.82, 2.24) is 10.2 Å². The summed E-state index contributed by atoms with van der Waals surface area (Å²) in [5.74, 6) is 0.943. The number of rotatable bonds is 5. The van der Waals surface area contributed by atoms with Crippen LogP contribution in [0.5, 0.6) is 0 Å². The first-order chi connectivity index (χ1) is 8.85. The van der Waals surface area contributed by atoms with E-state index in [9.17, 15) is 0 Å². The van der Waals surface area contributed by atoms with Crippen LogP contribution in [0.3, 0.4) is 0 Å². The van der Waals surface area contributed by atoms with Crippen LogP contribution in [0, 0.1) is 5.92 Å². The quantitative estimate of drug-likeness (QED) is 0.814. The number of piperidine rings is 1. The summed E-state index contributed by atoms with van der Waals surface area (Å²) in [4.78, 5) is 2.71. The summed E-state index contributed by atoms with van der Waals surface area (Å²) < 4.78 is 5.70. The van der Waals surface area contributed by atoms with E-state index in [4.69, 9.17) is 4.74 Å². The Labute approximate surface area is 112 Å². The van der Waals surface area contributed by atoms with Gasteiger partial charge in [-0.3, -0.25) is 4.90 Å². The molecule has 1 saturated carbocycles. The van der Waals surface area contributed by atoms with Gasteiger partial charge in [0, 0.05) is 13.2 Å². The molecule has 1 saturated heterocycles. The number of methoxy groups -OCH3 is 1. The predicted molar refractivity (Wildman–Crippen MR) is 75.9 cm³/mol. The van der Waals surface area contributed by atoms with E-state index >= 15 is 0 Å². The largest absolute Gasteiger partial charge is 0.380 e. The van der Waals surface area contributed by atoms with E-state index in [2.05, 4.69) is 17.3 Å². The fourth-order valence-corrected chi connectivity index (χ4v) is 3.69. The maximum atomic E-state index is 5.70. The summed E-state index contributed by atoms with van der Waals surface area (Å²) in [6.45, 7) is 3.76. The molecule has 106 valence electrons. The molecule has 1 aliphatic heterocycles. The summed E-state index contributed by atoms with van der Waals surface area (Å²) in [5.41, 5.74) is 0. The summed E-state index contributed by atoms with van der Waals surface area (Å²) >= 11 is 0. The van der Waals surface area contributed by atoms with Crippen LogP contribution in [0.15, 0.2) is 0 Å². The van der Waals surface area contributed by atoms with E-state index in [0.29, 0.717) is 12.1 Å². The summed E-state index contributed by atoms with van der Waals surface area (Å²) in [6, 6.07) is 0.703. The Bertz CT molecular complexity index is 227. The van der Waals surface area contributed by atoms with Gasteiger partial charge in [-0.15, -0.1) is 0 Å². The summed E-state index contributed by atoms with van der Waals surface area (Å²) in [7, 11) is 3.95. The topological polar surface area (TPSA) is 24.5 Å². The number of likely N-dealkylation sites (tertiary alicyclic amines) is 1. The molecule has 2 aliphatic rings. The Hall–Kier alpha value is -0.120. The molecule has 0 amide bonds. The fraction of sp³-hybridized carbons (Fsp3) is 1.00. The van der Waals surface area contributed by atoms with Gasteiger partial charge in [-0.1, -0.05) is 12.8 Å². The van der Waals surface area contributed by atoms with Crippen molar-refractivity contribution >= 4 is 0 Å². The lowest BCUT2D eigenvalue weighted by Crippen LogP contribution is -2.49. The van der Waals surface area contributed by atoms with Gasteiger partial charge in [-0.05, 0) is 64.7 Å². The number of ether oxygens (including phenoxy) is 1. The molecule has 1 heterocycles. The van der Waals surface area contributed by atoms with Crippen LogP contribution in [0.25, 0.3) is 0 Å². The van der Waals surface area contributed by atoms with Crippen molar-refractivity contribution in [3.63, 3.8) is 0 Å². The molecule has 0 aromatic carbocycles. The average molecular weight is 254 g/mol. The van der Waals surface area contributed by atoms with E-state index in [1.807, 2.05) is 7.11 Å². The molecule has 3 nitrogen and oxygen atoms in total. The lowest BCUT2D eigenvalue weighted by Gasteiger charge is -2.42. The van der Waals surface area contributed by atoms with E-state index < -0.39 is 0 Å². The SMILES string of the molecule is CNCCC1CCN(C2CCCCC2OC)CC1. The third-order valence-electron chi connectivity index (χ3n) is 4.89. The number of nitrogens with one attached hydrogen (secondary N) is 1. The molecule has 1 aliphatic carbocycles. The molecule has 0 spiro atoms. The highest BCUT2D eigenvalue weighted by atomic mass is 16.5. The molecule has 0 bridgehead atoms. The first-order valence-corrected chi connectivity index (χ1v) is 7.76. The zero-order chi connectivity index (χ0) is 12.8. The fourth-order valence-electron chi connectivity index (χ4n) is 3.69. The van der Waals surface area contributed by atoms with Crippen molar-refractivity contribution < 1.29 is 4.74 Å². The molecule has 1 N–H and O–H groups in total. The second-order valence-electron chi connectivity index (χ2n) is 6.00. The van der Waals surface area contributed by atoms with Gasteiger partial charge in [0.1, 0.15) is 0 Å². The Balaban J connectivity index is 1.77. The van der Waals surface area contributed by atoms with E-state index in [-0.39, 0.29) is 0 Å². The minimum absolute atomic E-state index is 0.493. The van der Waals surface area contributed by atoms with Gasteiger partial charge in [-0.25, -0.2) is 0 Å². The third kappa shape index (κ3) is 3.69. The van der Waals surface area contributed by atoms with Crippen molar-refractivity contribution in [2.75, 3.05) is 33.8 Å². The highest BCUT2D eigenvalue weighted by Crippen LogP contribution is 2.29. The zero-order valence-electron chi connectivity index (χ0n) is 12.2. The highest BCUT2D eigenvalue weighted by Gasteiger charge is 2.32. The molecule has 0 radical (unpaired) electrons. The molecule has 2 unspecified atom stereocenters. The number of hydrogen-bond donors (Lipinski definition) is 1. The van der Waals surface area contributed by atoms with Crippen LogP contribution in [0.2, 0.25) is 0 Å². The van der Waals surface area contributed by atoms with Gasteiger partial charge < -0.3 is 10.1 Å². The van der Waals surface area contributed by atoms with Crippen molar-refractivity contribution in [3.05, 3.63) is 0 Å². The molecule has 3 heteroatoms. The Kier molecular flexibility index (Phi) is 5.93. The summed E-state index contributed by atoms with van der Waals surface area (Å²) in [5, 5.41) is 3.27. The van der Waals surface area contributed by atoms with E-state index in [0.717, 1.165) is 5.92 Å². The molecule has 18 heavy (non-hydrogen) atoms. The van der Waals surface area contributed by atoms with Gasteiger partial charge in [0.25, 0.3) is 0 Å². The van der Waals surface area contributed by atoms with Crippen LogP contribution >= 0.6 is 0 Å². The number of hydrogen-bond acceptors (Lipinski definition) is 3. The molecule has 0 aromatic rings. The Morgan fingerprint density at radius 2 is 1.83 bits per heavy atom. The molecular formula is C15H30N2O. The Morgan fingerprint density at radius 1 is 1.11 bits per heavy atom. The monoisotopic (exact) mass is 254 g/mol. The van der Waals surface area contributed by atoms with Crippen LogP contribution in [0.1, 0.15) is 44.9 Å². The highest BCUT2D eigenvalue weighted by molar-refractivity contribution is 4.86. The minimum atomic E-state index is 0.493. The lowest BCUT2D eigenvalue weighted by atomic mass is 9.87. The van der Waals surface area contributed by atoms with Crippen LogP contribution in [-0.2, 0) is 4.74 Å². The maximum Gasteiger partial charge on any atom is 0.0726 e. The van der Waals surface area contributed by atoms with Crippen molar-refractivity contribution in [2.24, 2.45) is 5.92 Å². The number of nitrogens with zero attached hydrogens (tertiary/aromatic N) is 1. The predicted octanol–water partition coefficient (Wildman–Crippen LogP) is 2.27.